The lowest BCUT2D eigenvalue weighted by Gasteiger charge is -2.14. The molecule has 2 aromatic carbocycles. The molecule has 6 nitrogen and oxygen atoms in total. The van der Waals surface area contributed by atoms with Crippen LogP contribution in [0.15, 0.2) is 73.1 Å². The van der Waals surface area contributed by atoms with Gasteiger partial charge in [0.05, 0.1) is 11.7 Å². The van der Waals surface area contributed by atoms with Gasteiger partial charge < -0.3 is 5.32 Å². The highest BCUT2D eigenvalue weighted by Crippen LogP contribution is 2.25. The third-order valence-corrected chi connectivity index (χ3v) is 4.63. The van der Waals surface area contributed by atoms with E-state index < -0.39 is 5.91 Å². The molecule has 2 aromatic heterocycles. The number of carbonyl (C=O) groups is 1. The maximum Gasteiger partial charge on any atom is 0.274 e. The lowest BCUT2D eigenvalue weighted by Crippen LogP contribution is -2.27. The fraction of sp³-hybridized carbons (Fsp3) is 0.0909. The number of hydrogen-bond donors (Lipinski definition) is 1. The number of halogens is 2. The largest absolute Gasteiger partial charge is 0.344 e. The Bertz CT molecular complexity index is 1160. The van der Waals surface area contributed by atoms with Gasteiger partial charge in [0.25, 0.3) is 5.91 Å². The van der Waals surface area contributed by atoms with E-state index in [2.05, 4.69) is 20.6 Å². The summed E-state index contributed by atoms with van der Waals surface area (Å²) in [7, 11) is 0. The van der Waals surface area contributed by atoms with Crippen molar-refractivity contribution in [3.63, 3.8) is 0 Å². The van der Waals surface area contributed by atoms with Crippen LogP contribution in [0.2, 0.25) is 0 Å². The van der Waals surface area contributed by atoms with E-state index >= 15 is 0 Å². The zero-order valence-corrected chi connectivity index (χ0v) is 16.0. The normalized spacial score (nSPS) is 11.8. The smallest absolute Gasteiger partial charge is 0.274 e. The van der Waals surface area contributed by atoms with Crippen LogP contribution in [0, 0.1) is 11.6 Å². The molecule has 0 aliphatic rings. The number of aromatic nitrogens is 4. The van der Waals surface area contributed by atoms with E-state index in [9.17, 15) is 13.6 Å². The summed E-state index contributed by atoms with van der Waals surface area (Å²) in [5.41, 5.74) is 2.55. The molecule has 0 saturated heterocycles. The average molecular weight is 405 g/mol. The van der Waals surface area contributed by atoms with Gasteiger partial charge in [-0.15, -0.1) is 5.10 Å². The molecule has 1 atom stereocenters. The van der Waals surface area contributed by atoms with Crippen molar-refractivity contribution >= 4 is 5.91 Å². The Balaban J connectivity index is 1.71. The van der Waals surface area contributed by atoms with Gasteiger partial charge in [0.1, 0.15) is 17.3 Å². The fourth-order valence-corrected chi connectivity index (χ4v) is 3.07. The number of amides is 1. The fourth-order valence-electron chi connectivity index (χ4n) is 3.07. The molecular weight excluding hydrogens is 388 g/mol. The van der Waals surface area contributed by atoms with Crippen molar-refractivity contribution < 1.29 is 13.6 Å². The van der Waals surface area contributed by atoms with Crippen LogP contribution in [-0.4, -0.2) is 25.9 Å². The van der Waals surface area contributed by atoms with Crippen LogP contribution in [0.4, 0.5) is 8.78 Å². The third-order valence-electron chi connectivity index (χ3n) is 4.63. The van der Waals surface area contributed by atoms with Crippen LogP contribution in [0.5, 0.6) is 0 Å². The van der Waals surface area contributed by atoms with Crippen molar-refractivity contribution in [3.8, 4) is 16.9 Å². The monoisotopic (exact) mass is 405 g/mol. The zero-order valence-electron chi connectivity index (χ0n) is 16.0. The Kier molecular flexibility index (Phi) is 5.30. The van der Waals surface area contributed by atoms with Gasteiger partial charge in [-0.1, -0.05) is 17.3 Å². The maximum absolute atomic E-state index is 13.3. The van der Waals surface area contributed by atoms with Gasteiger partial charge in [-0.25, -0.2) is 13.5 Å². The van der Waals surface area contributed by atoms with Gasteiger partial charge in [0.2, 0.25) is 0 Å². The molecule has 0 unspecified atom stereocenters. The molecule has 4 rings (SSSR count). The first-order valence-corrected chi connectivity index (χ1v) is 9.21. The summed E-state index contributed by atoms with van der Waals surface area (Å²) in [6.45, 7) is 1.79. The van der Waals surface area contributed by atoms with Crippen LogP contribution in [0.25, 0.3) is 16.9 Å². The lowest BCUT2D eigenvalue weighted by molar-refractivity contribution is 0.0935. The molecule has 1 amide bonds. The van der Waals surface area contributed by atoms with Crippen LogP contribution in [-0.2, 0) is 0 Å². The molecule has 4 aromatic rings. The minimum absolute atomic E-state index is 0.111. The first kappa shape index (κ1) is 19.4. The Morgan fingerprint density at radius 2 is 1.53 bits per heavy atom. The van der Waals surface area contributed by atoms with Gasteiger partial charge in [0.15, 0.2) is 5.69 Å². The van der Waals surface area contributed by atoms with E-state index in [0.29, 0.717) is 16.9 Å². The summed E-state index contributed by atoms with van der Waals surface area (Å²) < 4.78 is 28.0. The van der Waals surface area contributed by atoms with E-state index in [-0.39, 0.29) is 23.4 Å². The molecule has 8 heteroatoms. The van der Waals surface area contributed by atoms with Crippen LogP contribution < -0.4 is 5.32 Å². The van der Waals surface area contributed by atoms with Gasteiger partial charge in [-0.3, -0.25) is 9.78 Å². The summed E-state index contributed by atoms with van der Waals surface area (Å²) in [5, 5.41) is 11.1. The second-order valence-corrected chi connectivity index (χ2v) is 6.66. The summed E-state index contributed by atoms with van der Waals surface area (Å²) in [4.78, 5) is 17.0. The van der Waals surface area contributed by atoms with Gasteiger partial charge in [-0.2, -0.15) is 0 Å². The number of rotatable bonds is 5. The number of benzene rings is 2. The SMILES string of the molecule is C[C@H](NC(=O)c1nnn(-c2ccc(F)cc2)c1-c1ccncc1)c1ccc(F)cc1. The molecular formula is C22H17F2N5O. The average Bonchev–Trinajstić information content (AvgIpc) is 3.20. The molecule has 0 spiro atoms. The predicted octanol–water partition coefficient (Wildman–Crippen LogP) is 4.10. The summed E-state index contributed by atoms with van der Waals surface area (Å²) in [6.07, 6.45) is 3.19. The van der Waals surface area contributed by atoms with Crippen molar-refractivity contribution in [2.24, 2.45) is 0 Å². The molecule has 1 N–H and O–H groups in total. The van der Waals surface area contributed by atoms with Crippen LogP contribution >= 0.6 is 0 Å². The van der Waals surface area contributed by atoms with Crippen molar-refractivity contribution in [1.82, 2.24) is 25.3 Å². The quantitative estimate of drug-likeness (QED) is 0.543. The molecule has 150 valence electrons. The zero-order chi connectivity index (χ0) is 21.1. The highest BCUT2D eigenvalue weighted by molar-refractivity contribution is 5.98. The van der Waals surface area contributed by atoms with Crippen molar-refractivity contribution in [2.75, 3.05) is 0 Å². The molecule has 0 fully saturated rings. The second kappa shape index (κ2) is 8.20. The minimum atomic E-state index is -0.438. The number of hydrogen-bond acceptors (Lipinski definition) is 4. The molecule has 0 aliphatic heterocycles. The summed E-state index contributed by atoms with van der Waals surface area (Å²) in [6, 6.07) is 14.7. The number of nitrogens with zero attached hydrogens (tertiary/aromatic N) is 4. The first-order chi connectivity index (χ1) is 14.5. The molecule has 0 radical (unpaired) electrons. The maximum atomic E-state index is 13.3. The van der Waals surface area contributed by atoms with Crippen LogP contribution in [0.3, 0.4) is 0 Å². The Morgan fingerprint density at radius 1 is 0.933 bits per heavy atom. The topological polar surface area (TPSA) is 72.7 Å². The van der Waals surface area contributed by atoms with E-state index in [1.54, 1.807) is 55.7 Å². The van der Waals surface area contributed by atoms with Crippen molar-refractivity contribution in [1.29, 1.82) is 0 Å². The molecule has 0 aliphatic carbocycles. The van der Waals surface area contributed by atoms with E-state index in [4.69, 9.17) is 0 Å². The van der Waals surface area contributed by atoms with Gasteiger partial charge in [0, 0.05) is 18.0 Å². The van der Waals surface area contributed by atoms with E-state index in [1.807, 2.05) is 0 Å². The lowest BCUT2D eigenvalue weighted by atomic mass is 10.1. The van der Waals surface area contributed by atoms with Crippen molar-refractivity contribution in [3.05, 3.63) is 95.9 Å². The van der Waals surface area contributed by atoms with Crippen LogP contribution in [0.1, 0.15) is 29.0 Å². The van der Waals surface area contributed by atoms with E-state index in [0.717, 1.165) is 5.56 Å². The molecule has 30 heavy (non-hydrogen) atoms. The van der Waals surface area contributed by atoms with Gasteiger partial charge >= 0.3 is 0 Å². The molecule has 0 bridgehead atoms. The highest BCUT2D eigenvalue weighted by atomic mass is 19.1. The standard InChI is InChI=1S/C22H17F2N5O/c1-14(15-2-4-17(23)5-3-15)26-22(30)20-21(16-10-12-25-13-11-16)29(28-27-20)19-8-6-18(24)7-9-19/h2-14H,1H3,(H,26,30)/t14-/m0/s1. The molecule has 0 saturated carbocycles. The second-order valence-electron chi connectivity index (χ2n) is 6.66. The third kappa shape index (κ3) is 3.93. The Morgan fingerprint density at radius 3 is 2.17 bits per heavy atom. The summed E-state index contributed by atoms with van der Waals surface area (Å²) >= 11 is 0. The summed E-state index contributed by atoms with van der Waals surface area (Å²) in [5.74, 6) is -1.16. The number of nitrogens with one attached hydrogen (secondary N) is 1. The number of pyridine rings is 1. The predicted molar refractivity (Wildman–Crippen MR) is 107 cm³/mol. The van der Waals surface area contributed by atoms with Crippen molar-refractivity contribution in [2.45, 2.75) is 13.0 Å². The number of carbonyl (C=O) groups excluding carboxylic acids is 1. The Labute approximate surface area is 171 Å². The highest BCUT2D eigenvalue weighted by Gasteiger charge is 2.23. The molecule has 2 heterocycles. The minimum Gasteiger partial charge on any atom is -0.344 e. The Hall–Kier alpha value is -3.94. The van der Waals surface area contributed by atoms with E-state index in [1.165, 1.54) is 28.9 Å². The first-order valence-electron chi connectivity index (χ1n) is 9.21. The van der Waals surface area contributed by atoms with Gasteiger partial charge in [-0.05, 0) is 61.0 Å².